The number of benzene rings is 2. The third-order valence-corrected chi connectivity index (χ3v) is 3.94. The van der Waals surface area contributed by atoms with Gasteiger partial charge in [-0.05, 0) is 41.8 Å². The predicted octanol–water partition coefficient (Wildman–Crippen LogP) is 3.41. The second-order valence-electron chi connectivity index (χ2n) is 5.49. The summed E-state index contributed by atoms with van der Waals surface area (Å²) in [7, 11) is -3.61. The Morgan fingerprint density at radius 1 is 1.16 bits per heavy atom. The summed E-state index contributed by atoms with van der Waals surface area (Å²) in [6.07, 6.45) is 4.88. The number of nitrogens with one attached hydrogen (secondary N) is 2. The van der Waals surface area contributed by atoms with Crippen molar-refractivity contribution in [2.45, 2.75) is 13.3 Å². The van der Waals surface area contributed by atoms with Gasteiger partial charge >= 0.3 is 0 Å². The van der Waals surface area contributed by atoms with E-state index >= 15 is 0 Å². The number of carbonyl (C=O) groups is 1. The molecule has 2 aromatic rings. The molecule has 0 bridgehead atoms. The Labute approximate surface area is 146 Å². The van der Waals surface area contributed by atoms with Gasteiger partial charge in [0.1, 0.15) is 5.82 Å². The van der Waals surface area contributed by atoms with Crippen LogP contribution in [0.5, 0.6) is 0 Å². The van der Waals surface area contributed by atoms with Crippen molar-refractivity contribution < 1.29 is 17.6 Å². The van der Waals surface area contributed by atoms with E-state index in [-0.39, 0.29) is 11.4 Å². The van der Waals surface area contributed by atoms with Crippen LogP contribution in [0.2, 0.25) is 0 Å². The molecular formula is C18H19FN2O3S. The number of rotatable bonds is 6. The summed E-state index contributed by atoms with van der Waals surface area (Å²) in [4.78, 5) is 12.0. The molecule has 0 fully saturated rings. The summed E-state index contributed by atoms with van der Waals surface area (Å²) in [6, 6.07) is 11.4. The third kappa shape index (κ3) is 6.04. The predicted molar refractivity (Wildman–Crippen MR) is 98.4 cm³/mol. The zero-order chi connectivity index (χ0) is 18.4. The molecule has 25 heavy (non-hydrogen) atoms. The lowest BCUT2D eigenvalue weighted by molar-refractivity contribution is -0.111. The molecular weight excluding hydrogens is 343 g/mol. The first-order valence-electron chi connectivity index (χ1n) is 7.62. The van der Waals surface area contributed by atoms with Gasteiger partial charge in [-0.1, -0.05) is 31.2 Å². The van der Waals surface area contributed by atoms with E-state index in [1.54, 1.807) is 6.08 Å². The molecule has 132 valence electrons. The molecule has 0 saturated heterocycles. The molecule has 0 aliphatic rings. The number of aryl methyl sites for hydroxylation is 1. The molecule has 0 saturated carbocycles. The highest BCUT2D eigenvalue weighted by Crippen LogP contribution is 2.20. The summed E-state index contributed by atoms with van der Waals surface area (Å²) in [5, 5.41) is 2.56. The smallest absolute Gasteiger partial charge is 0.248 e. The van der Waals surface area contributed by atoms with Crippen LogP contribution in [-0.2, 0) is 21.2 Å². The van der Waals surface area contributed by atoms with E-state index in [0.717, 1.165) is 24.3 Å². The lowest BCUT2D eigenvalue weighted by Crippen LogP contribution is -2.12. The first kappa shape index (κ1) is 18.7. The average molecular weight is 362 g/mol. The fourth-order valence-electron chi connectivity index (χ4n) is 2.10. The Morgan fingerprint density at radius 2 is 1.84 bits per heavy atom. The molecule has 0 unspecified atom stereocenters. The van der Waals surface area contributed by atoms with Gasteiger partial charge in [0.25, 0.3) is 0 Å². The van der Waals surface area contributed by atoms with Crippen molar-refractivity contribution >= 4 is 33.4 Å². The highest BCUT2D eigenvalue weighted by Gasteiger charge is 2.09. The second kappa shape index (κ2) is 7.94. The quantitative estimate of drug-likeness (QED) is 0.773. The molecule has 0 aliphatic heterocycles. The van der Waals surface area contributed by atoms with Crippen molar-refractivity contribution in [3.05, 3.63) is 65.5 Å². The van der Waals surface area contributed by atoms with Crippen LogP contribution in [0.4, 0.5) is 15.8 Å². The molecule has 2 rings (SSSR count). The van der Waals surface area contributed by atoms with Crippen LogP contribution < -0.4 is 10.0 Å². The number of halogens is 1. The summed E-state index contributed by atoms with van der Waals surface area (Å²) in [6.45, 7) is 2.06. The highest BCUT2D eigenvalue weighted by molar-refractivity contribution is 7.92. The minimum atomic E-state index is -3.61. The first-order valence-corrected chi connectivity index (χ1v) is 9.51. The number of hydrogen-bond donors (Lipinski definition) is 2. The second-order valence-corrected chi connectivity index (χ2v) is 7.24. The summed E-state index contributed by atoms with van der Waals surface area (Å²) in [5.74, 6) is -1.13. The Balaban J connectivity index is 2.06. The van der Waals surface area contributed by atoms with E-state index in [0.29, 0.717) is 0 Å². The molecule has 0 aromatic heterocycles. The molecule has 1 amide bonds. The zero-order valence-corrected chi connectivity index (χ0v) is 14.7. The van der Waals surface area contributed by atoms with Crippen molar-refractivity contribution in [3.8, 4) is 0 Å². The number of carbonyl (C=O) groups excluding carboxylic acids is 1. The lowest BCUT2D eigenvalue weighted by Gasteiger charge is -2.08. The number of hydrogen-bond acceptors (Lipinski definition) is 3. The van der Waals surface area contributed by atoms with Crippen LogP contribution in [0.3, 0.4) is 0 Å². The maximum atomic E-state index is 13.6. The molecule has 2 N–H and O–H groups in total. The third-order valence-electron chi connectivity index (χ3n) is 3.34. The van der Waals surface area contributed by atoms with Gasteiger partial charge in [0, 0.05) is 11.8 Å². The first-order chi connectivity index (χ1) is 11.8. The van der Waals surface area contributed by atoms with E-state index in [9.17, 15) is 17.6 Å². The van der Waals surface area contributed by atoms with Gasteiger partial charge in [-0.25, -0.2) is 12.8 Å². The Morgan fingerprint density at radius 3 is 2.44 bits per heavy atom. The van der Waals surface area contributed by atoms with Crippen LogP contribution >= 0.6 is 0 Å². The standard InChI is InChI=1S/C18H19FN2O3S/c1-3-13-4-6-14(7-5-13)8-11-18(22)20-15-9-10-16(19)17(12-15)21-25(2,23)24/h4-12,21H,3H2,1-2H3,(H,20,22)/b11-8+. The Hall–Kier alpha value is -2.67. The van der Waals surface area contributed by atoms with Crippen LogP contribution in [0.15, 0.2) is 48.5 Å². The van der Waals surface area contributed by atoms with E-state index < -0.39 is 21.7 Å². The molecule has 0 aliphatic carbocycles. The minimum Gasteiger partial charge on any atom is -0.322 e. The summed E-state index contributed by atoms with van der Waals surface area (Å²) < 4.78 is 38.1. The van der Waals surface area contributed by atoms with E-state index in [1.165, 1.54) is 23.8 Å². The fourth-order valence-corrected chi connectivity index (χ4v) is 2.66. The van der Waals surface area contributed by atoms with Gasteiger partial charge in [-0.3, -0.25) is 9.52 Å². The molecule has 5 nitrogen and oxygen atoms in total. The molecule has 7 heteroatoms. The van der Waals surface area contributed by atoms with Crippen molar-refractivity contribution in [2.24, 2.45) is 0 Å². The maximum Gasteiger partial charge on any atom is 0.248 e. The van der Waals surface area contributed by atoms with Crippen molar-refractivity contribution in [1.82, 2.24) is 0 Å². The normalized spacial score (nSPS) is 11.5. The van der Waals surface area contributed by atoms with E-state index in [4.69, 9.17) is 0 Å². The topological polar surface area (TPSA) is 75.3 Å². The van der Waals surface area contributed by atoms with Gasteiger partial charge in [-0.2, -0.15) is 0 Å². The fraction of sp³-hybridized carbons (Fsp3) is 0.167. The lowest BCUT2D eigenvalue weighted by atomic mass is 10.1. The van der Waals surface area contributed by atoms with E-state index in [2.05, 4.69) is 17.0 Å². The van der Waals surface area contributed by atoms with Gasteiger partial charge in [-0.15, -0.1) is 0 Å². The number of sulfonamides is 1. The van der Waals surface area contributed by atoms with Crippen molar-refractivity contribution in [2.75, 3.05) is 16.3 Å². The molecule has 0 heterocycles. The maximum absolute atomic E-state index is 13.6. The summed E-state index contributed by atoms with van der Waals surface area (Å²) >= 11 is 0. The Bertz CT molecular complexity index is 891. The van der Waals surface area contributed by atoms with Crippen LogP contribution in [0.25, 0.3) is 6.08 Å². The largest absolute Gasteiger partial charge is 0.322 e. The number of amides is 1. The van der Waals surface area contributed by atoms with E-state index in [1.807, 2.05) is 24.3 Å². The average Bonchev–Trinajstić information content (AvgIpc) is 2.55. The summed E-state index contributed by atoms with van der Waals surface area (Å²) in [5.41, 5.74) is 2.15. The highest BCUT2D eigenvalue weighted by atomic mass is 32.2. The van der Waals surface area contributed by atoms with Gasteiger partial charge < -0.3 is 5.32 Å². The molecule has 0 radical (unpaired) electrons. The monoisotopic (exact) mass is 362 g/mol. The molecule has 0 spiro atoms. The molecule has 2 aromatic carbocycles. The minimum absolute atomic E-state index is 0.223. The van der Waals surface area contributed by atoms with Crippen LogP contribution in [-0.4, -0.2) is 20.6 Å². The van der Waals surface area contributed by atoms with Gasteiger partial charge in [0.05, 0.1) is 11.9 Å². The van der Waals surface area contributed by atoms with Gasteiger partial charge in [0.15, 0.2) is 0 Å². The van der Waals surface area contributed by atoms with Crippen molar-refractivity contribution in [3.63, 3.8) is 0 Å². The van der Waals surface area contributed by atoms with Crippen LogP contribution in [0, 0.1) is 5.82 Å². The van der Waals surface area contributed by atoms with Crippen LogP contribution in [0.1, 0.15) is 18.1 Å². The number of anilines is 2. The van der Waals surface area contributed by atoms with Crippen molar-refractivity contribution in [1.29, 1.82) is 0 Å². The SMILES string of the molecule is CCc1ccc(/C=C/C(=O)Nc2ccc(F)c(NS(C)(=O)=O)c2)cc1. The van der Waals surface area contributed by atoms with Gasteiger partial charge in [0.2, 0.25) is 15.9 Å². The molecule has 0 atom stereocenters. The zero-order valence-electron chi connectivity index (χ0n) is 13.9. The Kier molecular flexibility index (Phi) is 5.93.